The number of rotatable bonds is 5. The van der Waals surface area contributed by atoms with Gasteiger partial charge < -0.3 is 4.74 Å². The highest BCUT2D eigenvalue weighted by Gasteiger charge is 2.22. The number of thiazole rings is 1. The second-order valence-electron chi connectivity index (χ2n) is 6.07. The van der Waals surface area contributed by atoms with E-state index in [2.05, 4.69) is 15.0 Å². The first-order valence-electron chi connectivity index (χ1n) is 8.47. The lowest BCUT2D eigenvalue weighted by Crippen LogP contribution is -2.16. The zero-order chi connectivity index (χ0) is 19.7. The first kappa shape index (κ1) is 18.4. The Kier molecular flexibility index (Phi) is 4.97. The number of ether oxygens (including phenoxy) is 1. The molecule has 0 saturated heterocycles. The topological polar surface area (TPSA) is 82.0 Å². The number of esters is 1. The molecule has 0 radical (unpaired) electrons. The molecule has 0 bridgehead atoms. The molecule has 0 atom stereocenters. The van der Waals surface area contributed by atoms with Crippen LogP contribution in [0.2, 0.25) is 0 Å². The molecule has 0 saturated carbocycles. The lowest BCUT2D eigenvalue weighted by atomic mass is 10.2. The van der Waals surface area contributed by atoms with Crippen LogP contribution in [0.3, 0.4) is 0 Å². The second kappa shape index (κ2) is 7.57. The summed E-state index contributed by atoms with van der Waals surface area (Å²) in [5, 5.41) is 0.580. The third-order valence-corrected chi connectivity index (χ3v) is 6.07. The molecule has 0 spiro atoms. The van der Waals surface area contributed by atoms with Gasteiger partial charge >= 0.3 is 5.97 Å². The maximum atomic E-state index is 12.6. The Morgan fingerprint density at radius 2 is 1.86 bits per heavy atom. The van der Waals surface area contributed by atoms with Gasteiger partial charge in [0.25, 0.3) is 0 Å². The monoisotopic (exact) mass is 409 g/mol. The highest BCUT2D eigenvalue weighted by atomic mass is 32.1. The number of nitrogens with zero attached hydrogens (tertiary/aromatic N) is 3. The first-order valence-corrected chi connectivity index (χ1v) is 10.1. The Balaban J connectivity index is 1.57. The number of aromatic nitrogens is 3. The summed E-state index contributed by atoms with van der Waals surface area (Å²) in [7, 11) is 0. The highest BCUT2D eigenvalue weighted by Crippen LogP contribution is 2.30. The third-order valence-electron chi connectivity index (χ3n) is 4.06. The molecule has 3 heterocycles. The van der Waals surface area contributed by atoms with Crippen LogP contribution in [0.25, 0.3) is 20.9 Å². The number of para-hydroxylation sites is 1. The van der Waals surface area contributed by atoms with Gasteiger partial charge in [-0.1, -0.05) is 12.1 Å². The Labute approximate surface area is 168 Å². The summed E-state index contributed by atoms with van der Waals surface area (Å²) in [4.78, 5) is 39.8. The number of aryl methyl sites for hydroxylation is 2. The van der Waals surface area contributed by atoms with Crippen LogP contribution >= 0.6 is 22.7 Å². The molecule has 8 heteroatoms. The van der Waals surface area contributed by atoms with E-state index >= 15 is 0 Å². The van der Waals surface area contributed by atoms with E-state index < -0.39 is 5.97 Å². The van der Waals surface area contributed by atoms with Gasteiger partial charge in [0.2, 0.25) is 5.78 Å². The molecule has 0 amide bonds. The smallest absolute Gasteiger partial charge is 0.359 e. The van der Waals surface area contributed by atoms with Crippen molar-refractivity contribution in [3.05, 3.63) is 63.7 Å². The Hall–Kier alpha value is -2.97. The van der Waals surface area contributed by atoms with Crippen molar-refractivity contribution in [3.8, 4) is 10.7 Å². The van der Waals surface area contributed by atoms with Gasteiger partial charge in [-0.05, 0) is 32.0 Å². The first-order chi connectivity index (χ1) is 13.5. The Morgan fingerprint density at radius 3 is 2.61 bits per heavy atom. The zero-order valence-corrected chi connectivity index (χ0v) is 16.8. The van der Waals surface area contributed by atoms with Crippen molar-refractivity contribution >= 4 is 44.6 Å². The summed E-state index contributed by atoms with van der Waals surface area (Å²) in [5.41, 5.74) is 1.81. The van der Waals surface area contributed by atoms with Crippen LogP contribution < -0.4 is 0 Å². The Bertz CT molecular complexity index is 1160. The maximum Gasteiger partial charge on any atom is 0.359 e. The van der Waals surface area contributed by atoms with Gasteiger partial charge in [0.15, 0.2) is 12.3 Å². The van der Waals surface area contributed by atoms with Crippen molar-refractivity contribution in [3.63, 3.8) is 0 Å². The minimum Gasteiger partial charge on any atom is -0.452 e. The van der Waals surface area contributed by atoms with Crippen LogP contribution in [0.5, 0.6) is 0 Å². The average Bonchev–Trinajstić information content (AvgIpc) is 3.28. The molecular weight excluding hydrogens is 394 g/mol. The van der Waals surface area contributed by atoms with Crippen LogP contribution in [0.15, 0.2) is 42.7 Å². The molecule has 0 N–H and O–H groups in total. The van der Waals surface area contributed by atoms with E-state index in [1.165, 1.54) is 35.1 Å². The molecule has 6 nitrogen and oxygen atoms in total. The molecule has 0 aliphatic carbocycles. The molecule has 3 aromatic heterocycles. The molecular formula is C20H15N3O3S2. The molecule has 0 unspecified atom stereocenters. The molecule has 0 aliphatic heterocycles. The van der Waals surface area contributed by atoms with Gasteiger partial charge in [-0.15, -0.1) is 22.7 Å². The van der Waals surface area contributed by atoms with E-state index in [0.717, 1.165) is 20.0 Å². The van der Waals surface area contributed by atoms with E-state index in [0.29, 0.717) is 16.3 Å². The fourth-order valence-electron chi connectivity index (χ4n) is 2.80. The van der Waals surface area contributed by atoms with E-state index in [1.807, 2.05) is 44.2 Å². The van der Waals surface area contributed by atoms with Gasteiger partial charge in [-0.2, -0.15) is 0 Å². The molecule has 28 heavy (non-hydrogen) atoms. The molecule has 0 fully saturated rings. The van der Waals surface area contributed by atoms with Gasteiger partial charge in [-0.3, -0.25) is 4.79 Å². The number of ketones is 1. The highest BCUT2D eigenvalue weighted by molar-refractivity contribution is 7.21. The van der Waals surface area contributed by atoms with Crippen LogP contribution in [0.1, 0.15) is 30.6 Å². The summed E-state index contributed by atoms with van der Waals surface area (Å²) in [6, 6.07) is 9.49. The van der Waals surface area contributed by atoms with Gasteiger partial charge in [-0.25, -0.2) is 19.7 Å². The van der Waals surface area contributed by atoms with Crippen molar-refractivity contribution in [1.82, 2.24) is 15.0 Å². The van der Waals surface area contributed by atoms with Crippen molar-refractivity contribution in [2.45, 2.75) is 13.8 Å². The zero-order valence-electron chi connectivity index (χ0n) is 15.1. The van der Waals surface area contributed by atoms with Crippen LogP contribution in [0, 0.1) is 13.8 Å². The summed E-state index contributed by atoms with van der Waals surface area (Å²) < 4.78 is 6.22. The number of fused-ring (bicyclic) bond motifs is 1. The van der Waals surface area contributed by atoms with E-state index in [9.17, 15) is 9.59 Å². The molecule has 4 aromatic rings. The lowest BCUT2D eigenvalue weighted by Gasteiger charge is -2.06. The Morgan fingerprint density at radius 1 is 1.07 bits per heavy atom. The summed E-state index contributed by atoms with van der Waals surface area (Å²) >= 11 is 2.96. The van der Waals surface area contributed by atoms with Crippen molar-refractivity contribution in [2.75, 3.05) is 6.61 Å². The minimum atomic E-state index is -0.694. The predicted molar refractivity (Wildman–Crippen MR) is 109 cm³/mol. The van der Waals surface area contributed by atoms with Crippen molar-refractivity contribution < 1.29 is 14.3 Å². The van der Waals surface area contributed by atoms with Crippen molar-refractivity contribution in [2.24, 2.45) is 0 Å². The van der Waals surface area contributed by atoms with Crippen LogP contribution in [-0.2, 0) is 4.74 Å². The van der Waals surface area contributed by atoms with E-state index in [-0.39, 0.29) is 18.1 Å². The number of hydrogen-bond donors (Lipinski definition) is 0. The number of Topliss-reactive ketones (excluding diaryl/α,β-unsaturated/α-hetero) is 1. The molecule has 0 aliphatic rings. The fraction of sp³-hybridized carbons (Fsp3) is 0.150. The molecule has 4 rings (SSSR count). The molecule has 1 aromatic carbocycles. The number of carbonyl (C=O) groups is 2. The van der Waals surface area contributed by atoms with Crippen LogP contribution in [-0.4, -0.2) is 33.3 Å². The third kappa shape index (κ3) is 3.56. The van der Waals surface area contributed by atoms with Crippen molar-refractivity contribution in [1.29, 1.82) is 0 Å². The van der Waals surface area contributed by atoms with Crippen LogP contribution in [0.4, 0.5) is 0 Å². The quantitative estimate of drug-likeness (QED) is 0.357. The largest absolute Gasteiger partial charge is 0.452 e. The number of hydrogen-bond acceptors (Lipinski definition) is 8. The maximum absolute atomic E-state index is 12.6. The normalized spacial score (nSPS) is 10.9. The summed E-state index contributed by atoms with van der Waals surface area (Å²) in [5.74, 6) is -0.930. The number of carbonyl (C=O) groups excluding carboxylic acids is 2. The SMILES string of the molecule is Cc1cc(C(=O)COC(=O)c2nccnc2-c2nc3ccccc3s2)c(C)s1. The average molecular weight is 409 g/mol. The van der Waals surface area contributed by atoms with Gasteiger partial charge in [0.1, 0.15) is 10.7 Å². The van der Waals surface area contributed by atoms with Gasteiger partial charge in [0, 0.05) is 27.7 Å². The summed E-state index contributed by atoms with van der Waals surface area (Å²) in [6.45, 7) is 3.47. The van der Waals surface area contributed by atoms with E-state index in [1.54, 1.807) is 0 Å². The summed E-state index contributed by atoms with van der Waals surface area (Å²) in [6.07, 6.45) is 2.92. The number of thiophene rings is 1. The predicted octanol–water partition coefficient (Wildman–Crippen LogP) is 4.47. The standard InChI is InChI=1S/C20H15N3O3S2/c1-11-9-13(12(2)27-11)15(24)10-26-20(25)18-17(21-7-8-22-18)19-23-14-5-3-4-6-16(14)28-19/h3-9H,10H2,1-2H3. The van der Waals surface area contributed by atoms with Gasteiger partial charge in [0.05, 0.1) is 10.2 Å². The minimum absolute atomic E-state index is 0.0487. The number of benzene rings is 1. The second-order valence-corrected chi connectivity index (χ2v) is 8.56. The van der Waals surface area contributed by atoms with E-state index in [4.69, 9.17) is 4.74 Å². The molecule has 140 valence electrons. The lowest BCUT2D eigenvalue weighted by molar-refractivity contribution is 0.0469. The fourth-order valence-corrected chi connectivity index (χ4v) is 4.71.